The van der Waals surface area contributed by atoms with Gasteiger partial charge in [-0.1, -0.05) is 0 Å². The zero-order valence-corrected chi connectivity index (χ0v) is 10.0. The van der Waals surface area contributed by atoms with E-state index in [0.717, 1.165) is 0 Å². The molecule has 1 unspecified atom stereocenters. The first-order valence-electron chi connectivity index (χ1n) is 4.93. The maximum absolute atomic E-state index is 11.6. The van der Waals surface area contributed by atoms with Crippen LogP contribution in [-0.4, -0.2) is 38.7 Å². The van der Waals surface area contributed by atoms with Crippen LogP contribution in [0.5, 0.6) is 0 Å². The summed E-state index contributed by atoms with van der Waals surface area (Å²) >= 11 is 0. The van der Waals surface area contributed by atoms with Gasteiger partial charge in [0.25, 0.3) is 0 Å². The van der Waals surface area contributed by atoms with Crippen LogP contribution in [0.2, 0.25) is 0 Å². The van der Waals surface area contributed by atoms with Crippen molar-refractivity contribution in [3.63, 3.8) is 0 Å². The Bertz CT molecular complexity index is 236. The molecule has 0 aromatic rings. The summed E-state index contributed by atoms with van der Waals surface area (Å²) in [7, 11) is -3.02. The Balaban J connectivity index is 3.95. The van der Waals surface area contributed by atoms with E-state index < -0.39 is 9.84 Å². The van der Waals surface area contributed by atoms with Crippen LogP contribution in [0, 0.1) is 0 Å². The number of sulfone groups is 1. The van der Waals surface area contributed by atoms with Crippen LogP contribution in [0.4, 0.5) is 0 Å². The first-order chi connectivity index (χ1) is 6.40. The summed E-state index contributed by atoms with van der Waals surface area (Å²) in [5.74, 6) is 0.0896. The lowest BCUT2D eigenvalue weighted by atomic mass is 10.3. The highest BCUT2D eigenvalue weighted by Gasteiger charge is 2.19. The summed E-state index contributed by atoms with van der Waals surface area (Å²) in [5.41, 5.74) is 5.31. The molecule has 0 fully saturated rings. The van der Waals surface area contributed by atoms with Gasteiger partial charge < -0.3 is 10.5 Å². The Labute approximate surface area is 86.7 Å². The SMILES string of the molecule is CC(C)OCCS(=O)(=O)C(C)CCN. The Morgan fingerprint density at radius 1 is 1.29 bits per heavy atom. The van der Waals surface area contributed by atoms with Crippen molar-refractivity contribution >= 4 is 9.84 Å². The molecule has 0 aliphatic carbocycles. The quantitative estimate of drug-likeness (QED) is 0.685. The second kappa shape index (κ2) is 6.37. The molecule has 1 atom stereocenters. The van der Waals surface area contributed by atoms with Crippen LogP contribution >= 0.6 is 0 Å². The van der Waals surface area contributed by atoms with Crippen molar-refractivity contribution in [3.05, 3.63) is 0 Å². The first kappa shape index (κ1) is 13.9. The molecule has 5 heteroatoms. The topological polar surface area (TPSA) is 69.4 Å². The predicted molar refractivity (Wildman–Crippen MR) is 58.0 cm³/mol. The highest BCUT2D eigenvalue weighted by molar-refractivity contribution is 7.92. The van der Waals surface area contributed by atoms with Crippen LogP contribution in [0.1, 0.15) is 27.2 Å². The molecule has 0 saturated heterocycles. The highest BCUT2D eigenvalue weighted by Crippen LogP contribution is 2.05. The van der Waals surface area contributed by atoms with Gasteiger partial charge in [-0.2, -0.15) is 0 Å². The molecule has 2 N–H and O–H groups in total. The van der Waals surface area contributed by atoms with Gasteiger partial charge in [0.1, 0.15) is 0 Å². The molecule has 0 radical (unpaired) electrons. The Morgan fingerprint density at radius 2 is 1.86 bits per heavy atom. The third kappa shape index (κ3) is 5.57. The number of hydrogen-bond acceptors (Lipinski definition) is 4. The van der Waals surface area contributed by atoms with Crippen LogP contribution in [0.15, 0.2) is 0 Å². The third-order valence-corrected chi connectivity index (χ3v) is 4.20. The summed E-state index contributed by atoms with van der Waals surface area (Å²) in [6, 6.07) is 0. The second-order valence-corrected chi connectivity index (χ2v) is 6.21. The molecule has 4 nitrogen and oxygen atoms in total. The van der Waals surface area contributed by atoms with Crippen molar-refractivity contribution in [3.8, 4) is 0 Å². The third-order valence-electron chi connectivity index (χ3n) is 2.01. The van der Waals surface area contributed by atoms with Crippen molar-refractivity contribution in [2.75, 3.05) is 18.9 Å². The van der Waals surface area contributed by atoms with Crippen LogP contribution in [-0.2, 0) is 14.6 Å². The number of rotatable bonds is 7. The van der Waals surface area contributed by atoms with Crippen LogP contribution < -0.4 is 5.73 Å². The molecule has 0 aliphatic heterocycles. The van der Waals surface area contributed by atoms with Crippen molar-refractivity contribution in [2.24, 2.45) is 5.73 Å². The van der Waals surface area contributed by atoms with E-state index >= 15 is 0 Å². The van der Waals surface area contributed by atoms with Crippen LogP contribution in [0.25, 0.3) is 0 Å². The predicted octanol–water partition coefficient (Wildman–Crippen LogP) is 0.564. The summed E-state index contributed by atoms with van der Waals surface area (Å²) in [5, 5.41) is -0.358. The van der Waals surface area contributed by atoms with Gasteiger partial charge in [-0.25, -0.2) is 8.42 Å². The minimum atomic E-state index is -3.02. The smallest absolute Gasteiger partial charge is 0.155 e. The fraction of sp³-hybridized carbons (Fsp3) is 1.00. The minimum absolute atomic E-state index is 0.0787. The molecule has 0 saturated carbocycles. The number of nitrogens with two attached hydrogens (primary N) is 1. The van der Waals surface area contributed by atoms with Gasteiger partial charge in [0.05, 0.1) is 23.7 Å². The average molecular weight is 223 g/mol. The van der Waals surface area contributed by atoms with Gasteiger partial charge in [-0.3, -0.25) is 0 Å². The Hall–Kier alpha value is -0.130. The molecular formula is C9H21NO3S. The van der Waals surface area contributed by atoms with Gasteiger partial charge in [0.15, 0.2) is 9.84 Å². The van der Waals surface area contributed by atoms with E-state index in [-0.39, 0.29) is 23.7 Å². The molecular weight excluding hydrogens is 202 g/mol. The second-order valence-electron chi connectivity index (χ2n) is 3.67. The largest absolute Gasteiger partial charge is 0.378 e. The van der Waals surface area contributed by atoms with E-state index in [4.69, 9.17) is 10.5 Å². The lowest BCUT2D eigenvalue weighted by molar-refractivity contribution is 0.0912. The molecule has 14 heavy (non-hydrogen) atoms. The molecule has 86 valence electrons. The summed E-state index contributed by atoms with van der Waals surface area (Å²) in [4.78, 5) is 0. The zero-order chi connectivity index (χ0) is 11.2. The fourth-order valence-electron chi connectivity index (χ4n) is 1.02. The Kier molecular flexibility index (Phi) is 6.31. The van der Waals surface area contributed by atoms with E-state index in [1.54, 1.807) is 6.92 Å². The normalized spacial score (nSPS) is 14.6. The van der Waals surface area contributed by atoms with E-state index in [0.29, 0.717) is 13.0 Å². The summed E-state index contributed by atoms with van der Waals surface area (Å²) in [6.07, 6.45) is 0.597. The molecule has 0 bridgehead atoms. The monoisotopic (exact) mass is 223 g/mol. The van der Waals surface area contributed by atoms with Gasteiger partial charge in [0.2, 0.25) is 0 Å². The molecule has 0 amide bonds. The molecule has 0 spiro atoms. The first-order valence-corrected chi connectivity index (χ1v) is 6.65. The van der Waals surface area contributed by atoms with E-state index in [1.165, 1.54) is 0 Å². The molecule has 0 aliphatic rings. The van der Waals surface area contributed by atoms with E-state index in [1.807, 2.05) is 13.8 Å². The molecule has 0 heterocycles. The number of hydrogen-bond donors (Lipinski definition) is 1. The Morgan fingerprint density at radius 3 is 2.29 bits per heavy atom. The van der Waals surface area contributed by atoms with Crippen molar-refractivity contribution < 1.29 is 13.2 Å². The molecule has 0 aromatic heterocycles. The average Bonchev–Trinajstić information content (AvgIpc) is 2.03. The minimum Gasteiger partial charge on any atom is -0.378 e. The van der Waals surface area contributed by atoms with Gasteiger partial charge in [0, 0.05) is 0 Å². The maximum Gasteiger partial charge on any atom is 0.155 e. The van der Waals surface area contributed by atoms with Crippen molar-refractivity contribution in [2.45, 2.75) is 38.5 Å². The van der Waals surface area contributed by atoms with E-state index in [9.17, 15) is 8.42 Å². The fourth-order valence-corrected chi connectivity index (χ4v) is 2.24. The van der Waals surface area contributed by atoms with Gasteiger partial charge in [-0.15, -0.1) is 0 Å². The molecule has 0 rings (SSSR count). The van der Waals surface area contributed by atoms with Gasteiger partial charge >= 0.3 is 0 Å². The maximum atomic E-state index is 11.6. The summed E-state index contributed by atoms with van der Waals surface area (Å²) in [6.45, 7) is 6.14. The summed E-state index contributed by atoms with van der Waals surface area (Å²) < 4.78 is 28.3. The van der Waals surface area contributed by atoms with E-state index in [2.05, 4.69) is 0 Å². The lowest BCUT2D eigenvalue weighted by Crippen LogP contribution is -2.26. The van der Waals surface area contributed by atoms with Crippen LogP contribution in [0.3, 0.4) is 0 Å². The lowest BCUT2D eigenvalue weighted by Gasteiger charge is -2.12. The van der Waals surface area contributed by atoms with Crippen molar-refractivity contribution in [1.82, 2.24) is 0 Å². The molecule has 0 aromatic carbocycles. The number of ether oxygens (including phenoxy) is 1. The highest BCUT2D eigenvalue weighted by atomic mass is 32.2. The standard InChI is InChI=1S/C9H21NO3S/c1-8(2)13-6-7-14(11,12)9(3)4-5-10/h8-9H,4-7,10H2,1-3H3. The van der Waals surface area contributed by atoms with Crippen molar-refractivity contribution in [1.29, 1.82) is 0 Å². The van der Waals surface area contributed by atoms with Gasteiger partial charge in [-0.05, 0) is 33.7 Å². The zero-order valence-electron chi connectivity index (χ0n) is 9.19.